The number of benzene rings is 2. The molecule has 0 saturated heterocycles. The van der Waals surface area contributed by atoms with Crippen LogP contribution in [0.2, 0.25) is 0 Å². The van der Waals surface area contributed by atoms with E-state index >= 15 is 0 Å². The first kappa shape index (κ1) is 19.8. The summed E-state index contributed by atoms with van der Waals surface area (Å²) in [7, 11) is 0. The lowest BCUT2D eigenvalue weighted by atomic mass is 10.00. The molecular weight excluding hydrogens is 347 g/mol. The quantitative estimate of drug-likeness (QED) is 0.817. The van der Waals surface area contributed by atoms with Crippen molar-refractivity contribution in [2.24, 2.45) is 0 Å². The summed E-state index contributed by atoms with van der Waals surface area (Å²) in [6.45, 7) is 1.77. The van der Waals surface area contributed by atoms with Crippen LogP contribution in [-0.4, -0.2) is 29.5 Å². The maximum atomic E-state index is 12.9. The van der Waals surface area contributed by atoms with Crippen molar-refractivity contribution in [3.05, 3.63) is 71.3 Å². The SMILES string of the molecule is Cc1ccc(CC(NC(=O)OCc2ccccc2)C(O)C(F)(F)F)cc1. The van der Waals surface area contributed by atoms with E-state index in [9.17, 15) is 23.1 Å². The van der Waals surface area contributed by atoms with Crippen LogP contribution < -0.4 is 5.32 Å². The molecule has 0 aromatic heterocycles. The Balaban J connectivity index is 2.02. The van der Waals surface area contributed by atoms with Gasteiger partial charge in [-0.25, -0.2) is 4.79 Å². The van der Waals surface area contributed by atoms with Crippen molar-refractivity contribution in [2.75, 3.05) is 0 Å². The highest BCUT2D eigenvalue weighted by Gasteiger charge is 2.44. The van der Waals surface area contributed by atoms with Crippen LogP contribution >= 0.6 is 0 Å². The number of ether oxygens (including phenoxy) is 1. The second kappa shape index (κ2) is 8.71. The second-order valence-electron chi connectivity index (χ2n) is 5.99. The van der Waals surface area contributed by atoms with Crippen molar-refractivity contribution in [3.8, 4) is 0 Å². The summed E-state index contributed by atoms with van der Waals surface area (Å²) in [6.07, 6.45) is -8.76. The highest BCUT2D eigenvalue weighted by molar-refractivity contribution is 5.67. The minimum Gasteiger partial charge on any atom is -0.445 e. The van der Waals surface area contributed by atoms with Crippen molar-refractivity contribution in [2.45, 2.75) is 38.3 Å². The molecule has 2 unspecified atom stereocenters. The summed E-state index contributed by atoms with van der Waals surface area (Å²) in [5, 5.41) is 11.7. The van der Waals surface area contributed by atoms with Crippen molar-refractivity contribution in [1.29, 1.82) is 0 Å². The van der Waals surface area contributed by atoms with Gasteiger partial charge in [0.05, 0.1) is 6.04 Å². The largest absolute Gasteiger partial charge is 0.445 e. The summed E-state index contributed by atoms with van der Waals surface area (Å²) in [6, 6.07) is 14.0. The minimum absolute atomic E-state index is 0.0773. The van der Waals surface area contributed by atoms with Gasteiger partial charge in [0, 0.05) is 0 Å². The van der Waals surface area contributed by atoms with Crippen LogP contribution in [0.1, 0.15) is 16.7 Å². The van der Waals surface area contributed by atoms with Gasteiger partial charge in [-0.05, 0) is 24.5 Å². The molecule has 2 aromatic rings. The first-order valence-electron chi connectivity index (χ1n) is 8.03. The Hall–Kier alpha value is -2.54. The highest BCUT2D eigenvalue weighted by atomic mass is 19.4. The molecule has 2 N–H and O–H groups in total. The Labute approximate surface area is 149 Å². The Kier molecular flexibility index (Phi) is 6.63. The number of rotatable bonds is 6. The summed E-state index contributed by atoms with van der Waals surface area (Å²) >= 11 is 0. The molecule has 0 heterocycles. The molecule has 140 valence electrons. The maximum Gasteiger partial charge on any atom is 0.416 e. The van der Waals surface area contributed by atoms with E-state index in [2.05, 4.69) is 5.32 Å². The van der Waals surface area contributed by atoms with E-state index in [1.54, 1.807) is 54.6 Å². The molecule has 0 radical (unpaired) electrons. The Morgan fingerprint density at radius 2 is 1.69 bits per heavy atom. The van der Waals surface area contributed by atoms with Gasteiger partial charge in [0.1, 0.15) is 6.61 Å². The Bertz CT molecular complexity index is 702. The highest BCUT2D eigenvalue weighted by Crippen LogP contribution is 2.24. The molecule has 0 saturated carbocycles. The van der Waals surface area contributed by atoms with Crippen molar-refractivity contribution in [3.63, 3.8) is 0 Å². The standard InChI is InChI=1S/C19H20F3NO3/c1-13-7-9-14(10-8-13)11-16(17(24)19(20,21)22)23-18(25)26-12-15-5-3-2-4-6-15/h2-10,16-17,24H,11-12H2,1H3,(H,23,25). The molecule has 1 amide bonds. The van der Waals surface area contributed by atoms with Gasteiger partial charge in [-0.3, -0.25) is 0 Å². The fraction of sp³-hybridized carbons (Fsp3) is 0.316. The zero-order valence-electron chi connectivity index (χ0n) is 14.2. The number of amides is 1. The third-order valence-corrected chi connectivity index (χ3v) is 3.81. The lowest BCUT2D eigenvalue weighted by Gasteiger charge is -2.25. The van der Waals surface area contributed by atoms with E-state index in [1.807, 2.05) is 6.92 Å². The Morgan fingerprint density at radius 3 is 2.27 bits per heavy atom. The smallest absolute Gasteiger partial charge is 0.416 e. The van der Waals surface area contributed by atoms with Crippen LogP contribution in [0.15, 0.2) is 54.6 Å². The summed E-state index contributed by atoms with van der Waals surface area (Å²) in [5.74, 6) is 0. The molecule has 7 heteroatoms. The van der Waals surface area contributed by atoms with Crippen molar-refractivity contribution in [1.82, 2.24) is 5.32 Å². The third kappa shape index (κ3) is 6.07. The summed E-state index contributed by atoms with van der Waals surface area (Å²) < 4.78 is 43.7. The first-order valence-corrected chi connectivity index (χ1v) is 8.03. The predicted molar refractivity (Wildman–Crippen MR) is 90.5 cm³/mol. The van der Waals surface area contributed by atoms with Gasteiger partial charge in [0.25, 0.3) is 0 Å². The topological polar surface area (TPSA) is 58.6 Å². The van der Waals surface area contributed by atoms with Crippen LogP contribution in [0.3, 0.4) is 0 Å². The van der Waals surface area contributed by atoms with Gasteiger partial charge < -0.3 is 15.2 Å². The monoisotopic (exact) mass is 367 g/mol. The van der Waals surface area contributed by atoms with Gasteiger partial charge >= 0.3 is 12.3 Å². The van der Waals surface area contributed by atoms with E-state index < -0.39 is 24.4 Å². The average Bonchev–Trinajstić information content (AvgIpc) is 2.61. The lowest BCUT2D eigenvalue weighted by molar-refractivity contribution is -0.211. The predicted octanol–water partition coefficient (Wildman–Crippen LogP) is 3.76. The van der Waals surface area contributed by atoms with Gasteiger partial charge in [0.2, 0.25) is 0 Å². The average molecular weight is 367 g/mol. The normalized spacial score (nSPS) is 13.7. The minimum atomic E-state index is -4.86. The summed E-state index contributed by atoms with van der Waals surface area (Å²) in [5.41, 5.74) is 2.22. The number of aryl methyl sites for hydroxylation is 1. The van der Waals surface area contributed by atoms with E-state index in [-0.39, 0.29) is 13.0 Å². The number of alkyl halides is 3. The van der Waals surface area contributed by atoms with Gasteiger partial charge in [-0.2, -0.15) is 13.2 Å². The molecule has 0 spiro atoms. The molecule has 2 rings (SSSR count). The van der Waals surface area contributed by atoms with E-state index in [1.165, 1.54) is 0 Å². The lowest BCUT2D eigenvalue weighted by Crippen LogP contribution is -2.51. The van der Waals surface area contributed by atoms with Gasteiger partial charge in [0.15, 0.2) is 6.10 Å². The second-order valence-corrected chi connectivity index (χ2v) is 5.99. The van der Waals surface area contributed by atoms with E-state index in [4.69, 9.17) is 4.74 Å². The van der Waals surface area contributed by atoms with E-state index in [0.717, 1.165) is 5.56 Å². The zero-order valence-corrected chi connectivity index (χ0v) is 14.2. The molecule has 26 heavy (non-hydrogen) atoms. The number of nitrogens with one attached hydrogen (secondary N) is 1. The number of carbonyl (C=O) groups is 1. The molecular formula is C19H20F3NO3. The maximum absolute atomic E-state index is 12.9. The van der Waals surface area contributed by atoms with Gasteiger partial charge in [-0.15, -0.1) is 0 Å². The number of aliphatic hydroxyl groups excluding tert-OH is 1. The third-order valence-electron chi connectivity index (χ3n) is 3.81. The number of hydrogen-bond acceptors (Lipinski definition) is 3. The molecule has 0 aliphatic rings. The molecule has 0 aliphatic heterocycles. The van der Waals surface area contributed by atoms with Crippen molar-refractivity contribution < 1.29 is 27.8 Å². The van der Waals surface area contributed by atoms with Gasteiger partial charge in [-0.1, -0.05) is 60.2 Å². The van der Waals surface area contributed by atoms with Crippen LogP contribution in [0, 0.1) is 6.92 Å². The van der Waals surface area contributed by atoms with Crippen LogP contribution in [0.4, 0.5) is 18.0 Å². The summed E-state index contributed by atoms with van der Waals surface area (Å²) in [4.78, 5) is 11.9. The molecule has 0 fully saturated rings. The van der Waals surface area contributed by atoms with Crippen LogP contribution in [0.5, 0.6) is 0 Å². The number of carbonyl (C=O) groups excluding carboxylic acids is 1. The fourth-order valence-corrected chi connectivity index (χ4v) is 2.36. The molecule has 2 aromatic carbocycles. The number of hydrogen-bond donors (Lipinski definition) is 2. The molecule has 2 atom stereocenters. The molecule has 0 aliphatic carbocycles. The van der Waals surface area contributed by atoms with Crippen molar-refractivity contribution >= 4 is 6.09 Å². The fourth-order valence-electron chi connectivity index (χ4n) is 2.36. The van der Waals surface area contributed by atoms with E-state index in [0.29, 0.717) is 11.1 Å². The number of halogens is 3. The van der Waals surface area contributed by atoms with Crippen LogP contribution in [0.25, 0.3) is 0 Å². The Morgan fingerprint density at radius 1 is 1.08 bits per heavy atom. The number of aliphatic hydroxyl groups is 1. The molecule has 0 bridgehead atoms. The van der Waals surface area contributed by atoms with Crippen LogP contribution in [-0.2, 0) is 17.8 Å². The molecule has 4 nitrogen and oxygen atoms in total. The number of alkyl carbamates (subject to hydrolysis) is 1. The zero-order chi connectivity index (χ0) is 19.2. The first-order chi connectivity index (χ1) is 12.3.